The molecular weight excluding hydrogens is 300 g/mol. The molecule has 3 rings (SSSR count). The summed E-state index contributed by atoms with van der Waals surface area (Å²) in [6.07, 6.45) is 3.57. The minimum Gasteiger partial charge on any atom is -0.301 e. The van der Waals surface area contributed by atoms with Crippen molar-refractivity contribution >= 4 is 15.5 Å². The van der Waals surface area contributed by atoms with Gasteiger partial charge in [0.1, 0.15) is 11.7 Å². The number of rotatable bonds is 2. The second-order valence-electron chi connectivity index (χ2n) is 5.96. The highest BCUT2D eigenvalue weighted by Gasteiger charge is 2.24. The van der Waals surface area contributed by atoms with E-state index in [2.05, 4.69) is 16.0 Å². The van der Waals surface area contributed by atoms with E-state index in [0.29, 0.717) is 18.7 Å². The summed E-state index contributed by atoms with van der Waals surface area (Å²) in [4.78, 5) is 6.49. The quantitative estimate of drug-likeness (QED) is 0.828. The van der Waals surface area contributed by atoms with Crippen molar-refractivity contribution in [2.75, 3.05) is 24.6 Å². The summed E-state index contributed by atoms with van der Waals surface area (Å²) < 4.78 is 25.6. The normalized spacial score (nSPS) is 22.3. The summed E-state index contributed by atoms with van der Waals surface area (Å²) in [6.45, 7) is 3.90. The molecule has 0 aromatic carbocycles. The molecule has 1 aliphatic rings. The summed E-state index contributed by atoms with van der Waals surface area (Å²) in [6, 6.07) is 5.69. The van der Waals surface area contributed by atoms with Gasteiger partial charge in [0, 0.05) is 25.8 Å². The molecule has 0 amide bonds. The van der Waals surface area contributed by atoms with Crippen molar-refractivity contribution in [2.45, 2.75) is 13.5 Å². The van der Waals surface area contributed by atoms with Gasteiger partial charge in [-0.25, -0.2) is 13.4 Å². The van der Waals surface area contributed by atoms with E-state index < -0.39 is 9.84 Å². The van der Waals surface area contributed by atoms with Crippen LogP contribution in [0.4, 0.5) is 0 Å². The van der Waals surface area contributed by atoms with Crippen molar-refractivity contribution in [3.63, 3.8) is 0 Å². The Labute approximate surface area is 129 Å². The molecule has 0 N–H and O–H groups in total. The average molecular weight is 318 g/mol. The fourth-order valence-corrected chi connectivity index (χ4v) is 4.63. The number of imidazole rings is 1. The maximum Gasteiger partial charge on any atom is 0.151 e. The van der Waals surface area contributed by atoms with Gasteiger partial charge in [0.2, 0.25) is 0 Å². The standard InChI is InChI=1S/C15H18N4O2S/c1-12-8-18(4-5-22(20,21)11-12)10-14-7-17-15-3-2-13(6-16)9-19(14)15/h2-3,7,9,12H,4-5,8,10-11H2,1H3. The van der Waals surface area contributed by atoms with E-state index in [0.717, 1.165) is 17.9 Å². The van der Waals surface area contributed by atoms with Crippen LogP contribution < -0.4 is 0 Å². The summed E-state index contributed by atoms with van der Waals surface area (Å²) in [5, 5.41) is 9.02. The first-order valence-corrected chi connectivity index (χ1v) is 9.08. The van der Waals surface area contributed by atoms with Crippen molar-refractivity contribution in [3.8, 4) is 6.07 Å². The van der Waals surface area contributed by atoms with E-state index in [4.69, 9.17) is 5.26 Å². The third kappa shape index (κ3) is 3.13. The van der Waals surface area contributed by atoms with E-state index in [9.17, 15) is 8.42 Å². The van der Waals surface area contributed by atoms with Gasteiger partial charge in [-0.05, 0) is 18.1 Å². The Morgan fingerprint density at radius 1 is 1.45 bits per heavy atom. The smallest absolute Gasteiger partial charge is 0.151 e. The Morgan fingerprint density at radius 2 is 2.27 bits per heavy atom. The lowest BCUT2D eigenvalue weighted by Crippen LogP contribution is -2.29. The summed E-state index contributed by atoms with van der Waals surface area (Å²) in [5.74, 6) is 0.591. The predicted molar refractivity (Wildman–Crippen MR) is 83.0 cm³/mol. The highest BCUT2D eigenvalue weighted by Crippen LogP contribution is 2.15. The predicted octanol–water partition coefficient (Wildman–Crippen LogP) is 1.07. The maximum absolute atomic E-state index is 11.8. The highest BCUT2D eigenvalue weighted by atomic mass is 32.2. The van der Waals surface area contributed by atoms with Gasteiger partial charge in [0.15, 0.2) is 9.84 Å². The molecule has 0 saturated carbocycles. The molecule has 0 bridgehead atoms. The van der Waals surface area contributed by atoms with Gasteiger partial charge < -0.3 is 4.40 Å². The van der Waals surface area contributed by atoms with E-state index >= 15 is 0 Å². The molecule has 0 aliphatic carbocycles. The fraction of sp³-hybridized carbons (Fsp3) is 0.467. The van der Waals surface area contributed by atoms with Crippen LogP contribution in [0.3, 0.4) is 0 Å². The van der Waals surface area contributed by atoms with Crippen molar-refractivity contribution in [3.05, 3.63) is 35.8 Å². The first kappa shape index (κ1) is 15.0. The number of fused-ring (bicyclic) bond motifs is 1. The zero-order chi connectivity index (χ0) is 15.7. The Balaban J connectivity index is 1.85. The molecule has 1 unspecified atom stereocenters. The number of nitrogens with zero attached hydrogens (tertiary/aromatic N) is 4. The second-order valence-corrected chi connectivity index (χ2v) is 8.19. The lowest BCUT2D eigenvalue weighted by molar-refractivity contribution is 0.253. The molecule has 1 atom stereocenters. The van der Waals surface area contributed by atoms with Gasteiger partial charge in [0.05, 0.1) is 29.0 Å². The Morgan fingerprint density at radius 3 is 3.05 bits per heavy atom. The van der Waals surface area contributed by atoms with Crippen LogP contribution in [0.1, 0.15) is 18.2 Å². The molecule has 3 heterocycles. The Hall–Kier alpha value is -1.91. The average Bonchev–Trinajstić information content (AvgIpc) is 2.80. The molecule has 1 fully saturated rings. The lowest BCUT2D eigenvalue weighted by atomic mass is 10.2. The molecule has 1 aliphatic heterocycles. The minimum atomic E-state index is -2.94. The number of nitriles is 1. The van der Waals surface area contributed by atoms with Crippen LogP contribution in [0.5, 0.6) is 0 Å². The summed E-state index contributed by atoms with van der Waals surface area (Å²) >= 11 is 0. The first-order valence-electron chi connectivity index (χ1n) is 7.26. The van der Waals surface area contributed by atoms with Crippen molar-refractivity contribution in [1.82, 2.24) is 14.3 Å². The molecule has 1 saturated heterocycles. The van der Waals surface area contributed by atoms with Crippen LogP contribution in [0.25, 0.3) is 5.65 Å². The van der Waals surface area contributed by atoms with Gasteiger partial charge >= 0.3 is 0 Å². The Bertz CT molecular complexity index is 835. The molecule has 116 valence electrons. The fourth-order valence-electron chi connectivity index (χ4n) is 2.96. The molecule has 2 aromatic rings. The monoisotopic (exact) mass is 318 g/mol. The van der Waals surface area contributed by atoms with Crippen molar-refractivity contribution in [1.29, 1.82) is 5.26 Å². The van der Waals surface area contributed by atoms with Gasteiger partial charge in [-0.3, -0.25) is 4.90 Å². The lowest BCUT2D eigenvalue weighted by Gasteiger charge is -2.21. The SMILES string of the molecule is CC1CN(Cc2cnc3ccc(C#N)cn23)CCS(=O)(=O)C1. The van der Waals surface area contributed by atoms with Gasteiger partial charge in [-0.2, -0.15) is 5.26 Å². The number of pyridine rings is 1. The number of sulfone groups is 1. The van der Waals surface area contributed by atoms with Crippen LogP contribution in [0, 0.1) is 17.2 Å². The molecule has 22 heavy (non-hydrogen) atoms. The topological polar surface area (TPSA) is 78.5 Å². The zero-order valence-electron chi connectivity index (χ0n) is 12.4. The van der Waals surface area contributed by atoms with Crippen molar-refractivity contribution < 1.29 is 8.42 Å². The number of aromatic nitrogens is 2. The largest absolute Gasteiger partial charge is 0.301 e. The van der Waals surface area contributed by atoms with Crippen LogP contribution in [0.15, 0.2) is 24.5 Å². The van der Waals surface area contributed by atoms with E-state index in [1.807, 2.05) is 17.4 Å². The maximum atomic E-state index is 11.8. The third-order valence-corrected chi connectivity index (χ3v) is 5.81. The van der Waals surface area contributed by atoms with Crippen LogP contribution >= 0.6 is 0 Å². The van der Waals surface area contributed by atoms with E-state index in [1.165, 1.54) is 0 Å². The van der Waals surface area contributed by atoms with Crippen LogP contribution in [-0.4, -0.2) is 47.3 Å². The Kier molecular flexibility index (Phi) is 3.89. The molecule has 2 aromatic heterocycles. The highest BCUT2D eigenvalue weighted by molar-refractivity contribution is 7.91. The third-order valence-electron chi connectivity index (χ3n) is 3.92. The van der Waals surface area contributed by atoms with E-state index in [-0.39, 0.29) is 17.4 Å². The summed E-state index contributed by atoms with van der Waals surface area (Å²) in [7, 11) is -2.94. The molecular formula is C15H18N4O2S. The van der Waals surface area contributed by atoms with E-state index in [1.54, 1.807) is 18.5 Å². The minimum absolute atomic E-state index is 0.126. The van der Waals surface area contributed by atoms with Gasteiger partial charge in [0.25, 0.3) is 0 Å². The molecule has 0 radical (unpaired) electrons. The first-order chi connectivity index (χ1) is 10.5. The van der Waals surface area contributed by atoms with Gasteiger partial charge in [-0.1, -0.05) is 6.92 Å². The zero-order valence-corrected chi connectivity index (χ0v) is 13.3. The number of hydrogen-bond donors (Lipinski definition) is 0. The van der Waals surface area contributed by atoms with Crippen LogP contribution in [0.2, 0.25) is 0 Å². The van der Waals surface area contributed by atoms with Gasteiger partial charge in [-0.15, -0.1) is 0 Å². The van der Waals surface area contributed by atoms with Crippen molar-refractivity contribution in [2.24, 2.45) is 5.92 Å². The molecule has 6 nitrogen and oxygen atoms in total. The molecule has 0 spiro atoms. The second kappa shape index (κ2) is 5.71. The number of hydrogen-bond acceptors (Lipinski definition) is 5. The van der Waals surface area contributed by atoms with Crippen LogP contribution in [-0.2, 0) is 16.4 Å². The summed E-state index contributed by atoms with van der Waals surface area (Å²) in [5.41, 5.74) is 2.35. The molecule has 7 heteroatoms.